The summed E-state index contributed by atoms with van der Waals surface area (Å²) in [6, 6.07) is 0. The van der Waals surface area contributed by atoms with Gasteiger partial charge in [-0.05, 0) is 12.8 Å². The minimum atomic E-state index is -0.704. The molecule has 7 saturated heterocycles. The van der Waals surface area contributed by atoms with Crippen LogP contribution in [0.2, 0.25) is 0 Å². The number of hydrogen-bond donors (Lipinski definition) is 0. The summed E-state index contributed by atoms with van der Waals surface area (Å²) in [7, 11) is 23.2. The summed E-state index contributed by atoms with van der Waals surface area (Å²) in [5, 5.41) is 0. The highest BCUT2D eigenvalue weighted by Crippen LogP contribution is 2.42. The molecule has 7 fully saturated rings. The topological polar surface area (TPSA) is 222 Å². The highest BCUT2D eigenvalue weighted by Gasteiger charge is 2.54. The molecule has 34 heteroatoms. The van der Waals surface area contributed by atoms with E-state index in [2.05, 4.69) is 101 Å². The van der Waals surface area contributed by atoms with Gasteiger partial charge in [0.25, 0.3) is 0 Å². The van der Waals surface area contributed by atoms with Crippen molar-refractivity contribution in [3.05, 3.63) is 12.7 Å². The molecule has 40 atom stereocenters. The van der Waals surface area contributed by atoms with Gasteiger partial charge in [-0.25, -0.2) is 0 Å². The fourth-order valence-corrected chi connectivity index (χ4v) is 15.7. The second-order valence-electron chi connectivity index (χ2n) is 22.4. The molecule has 484 valence electrons. The Balaban J connectivity index is 0.930. The molecule has 37 unspecified atom stereocenters. The molecule has 0 N–H and O–H groups in total. The van der Waals surface area contributed by atoms with Crippen molar-refractivity contribution in [3.63, 3.8) is 0 Å². The van der Waals surface area contributed by atoms with Gasteiger partial charge in [-0.15, -0.1) is 6.58 Å². The van der Waals surface area contributed by atoms with E-state index in [0.717, 1.165) is 12.8 Å². The van der Waals surface area contributed by atoms with Crippen molar-refractivity contribution in [1.29, 1.82) is 0 Å². The van der Waals surface area contributed by atoms with Crippen molar-refractivity contribution < 1.29 is 112 Å². The van der Waals surface area contributed by atoms with Crippen LogP contribution in [0.15, 0.2) is 12.7 Å². The zero-order chi connectivity index (χ0) is 60.1. The van der Waals surface area contributed by atoms with E-state index in [0.29, 0.717) is 6.61 Å². The maximum Gasteiger partial charge on any atom is 0.163 e. The van der Waals surface area contributed by atoms with Gasteiger partial charge in [-0.2, -0.15) is 0 Å². The molecular formula is C49H94O24P10. The summed E-state index contributed by atoms with van der Waals surface area (Å²) in [5.74, 6) is -1.38. The lowest BCUT2D eigenvalue weighted by atomic mass is 9.92. The lowest BCUT2D eigenvalue weighted by Crippen LogP contribution is -2.56. The summed E-state index contributed by atoms with van der Waals surface area (Å²) in [4.78, 5) is 0. The van der Waals surface area contributed by atoms with Crippen LogP contribution in [-0.4, -0.2) is 195 Å². The summed E-state index contributed by atoms with van der Waals surface area (Å²) < 4.78 is 148. The average Bonchev–Trinajstić information content (AvgIpc) is 4.46. The summed E-state index contributed by atoms with van der Waals surface area (Å²) in [6.45, 7) is 19.6. The van der Waals surface area contributed by atoms with Gasteiger partial charge in [0, 0.05) is 136 Å². The zero-order valence-electron chi connectivity index (χ0n) is 48.2. The smallest absolute Gasteiger partial charge is 0.163 e. The largest absolute Gasteiger partial charge is 0.363 e. The fraction of sp³-hybridized carbons (Fsp3) is 0.959. The van der Waals surface area contributed by atoms with E-state index >= 15 is 0 Å². The monoisotopic (exact) mass is 1380 g/mol. The van der Waals surface area contributed by atoms with E-state index in [1.165, 1.54) is 0 Å². The normalized spacial score (nSPS) is 45.7. The maximum atomic E-state index is 6.92. The highest BCUT2D eigenvalue weighted by atomic mass is 31.1. The Hall–Kier alpha value is 3.08. The lowest BCUT2D eigenvalue weighted by Gasteiger charge is -2.44. The summed E-state index contributed by atoms with van der Waals surface area (Å²) in [6.07, 6.45) is -8.08. The van der Waals surface area contributed by atoms with Gasteiger partial charge in [-0.1, -0.05) is 54.5 Å². The summed E-state index contributed by atoms with van der Waals surface area (Å²) in [5.41, 5.74) is 0. The first-order chi connectivity index (χ1) is 40.1. The van der Waals surface area contributed by atoms with Crippen molar-refractivity contribution in [2.75, 3.05) is 52.9 Å². The van der Waals surface area contributed by atoms with Gasteiger partial charge in [-0.3, -0.25) is 0 Å². The van der Waals surface area contributed by atoms with E-state index < -0.39 is 117 Å². The van der Waals surface area contributed by atoms with E-state index in [1.807, 2.05) is 54.5 Å². The first-order valence-electron chi connectivity index (χ1n) is 28.1. The van der Waals surface area contributed by atoms with Crippen LogP contribution in [0.1, 0.15) is 61.3 Å². The van der Waals surface area contributed by atoms with Crippen LogP contribution in [0.4, 0.5) is 0 Å². The van der Waals surface area contributed by atoms with E-state index in [1.54, 1.807) is 0 Å². The molecule has 0 amide bonds. The van der Waals surface area contributed by atoms with Crippen molar-refractivity contribution >= 4 is 94.7 Å². The minimum Gasteiger partial charge on any atom is -0.363 e. The van der Waals surface area contributed by atoms with E-state index in [-0.39, 0.29) is 112 Å². The molecule has 7 heterocycles. The third-order valence-corrected chi connectivity index (χ3v) is 19.9. The van der Waals surface area contributed by atoms with Crippen LogP contribution >= 0.6 is 94.7 Å². The van der Waals surface area contributed by atoms with Crippen LogP contribution in [0.25, 0.3) is 0 Å². The average molecular weight is 1380 g/mol. The number of unbranched alkanes of at least 4 members (excludes halogenated alkanes) is 1. The molecular weight excluding hydrogens is 1280 g/mol. The van der Waals surface area contributed by atoms with Crippen LogP contribution < -0.4 is 0 Å². The Morgan fingerprint density at radius 2 is 0.542 bits per heavy atom. The van der Waals surface area contributed by atoms with Crippen molar-refractivity contribution in [2.24, 2.45) is 41.4 Å². The molecule has 0 saturated carbocycles. The molecule has 0 spiro atoms. The van der Waals surface area contributed by atoms with Crippen LogP contribution in [0.3, 0.4) is 0 Å². The molecule has 7 aliphatic heterocycles. The predicted octanol–water partition coefficient (Wildman–Crippen LogP) is 5.98. The van der Waals surface area contributed by atoms with Crippen molar-refractivity contribution in [2.45, 2.75) is 203 Å². The molecule has 24 nitrogen and oxygen atoms in total. The Morgan fingerprint density at radius 3 is 0.831 bits per heavy atom. The van der Waals surface area contributed by atoms with E-state index in [9.17, 15) is 0 Å². The number of ether oxygens (including phenoxy) is 14. The van der Waals surface area contributed by atoms with Gasteiger partial charge < -0.3 is 112 Å². The Kier molecular flexibility index (Phi) is 32.5. The Labute approximate surface area is 513 Å². The molecule has 0 radical (unpaired) electrons. The van der Waals surface area contributed by atoms with Gasteiger partial charge in [0.05, 0.1) is 95.6 Å². The Morgan fingerprint density at radius 1 is 0.301 bits per heavy atom. The molecule has 7 rings (SSSR count). The highest BCUT2D eigenvalue weighted by molar-refractivity contribution is 7.11. The molecule has 0 aromatic rings. The van der Waals surface area contributed by atoms with Crippen LogP contribution in [0.5, 0.6) is 0 Å². The van der Waals surface area contributed by atoms with Crippen molar-refractivity contribution in [1.82, 2.24) is 0 Å². The fourth-order valence-electron chi connectivity index (χ4n) is 12.2. The van der Waals surface area contributed by atoms with Gasteiger partial charge >= 0.3 is 0 Å². The maximum absolute atomic E-state index is 6.92. The van der Waals surface area contributed by atoms with Gasteiger partial charge in [0.2, 0.25) is 0 Å². The molecule has 83 heavy (non-hydrogen) atoms. The lowest BCUT2D eigenvalue weighted by molar-refractivity contribution is -0.278. The number of allylic oxidation sites excluding steroid dienone is 1. The Bertz CT molecular complexity index is 1880. The molecule has 0 aromatic heterocycles. The quantitative estimate of drug-likeness (QED) is 0.0411. The second-order valence-corrected chi connectivity index (χ2v) is 25.2. The third kappa shape index (κ3) is 18.1. The number of hydrogen-bond acceptors (Lipinski definition) is 24. The molecule has 0 aromatic carbocycles. The number of rotatable bonds is 34. The second kappa shape index (κ2) is 36.7. The van der Waals surface area contributed by atoms with Crippen LogP contribution in [-0.2, 0) is 112 Å². The van der Waals surface area contributed by atoms with Gasteiger partial charge in [0.1, 0.15) is 54.9 Å². The zero-order valence-corrected chi connectivity index (χ0v) is 59.8. The third-order valence-electron chi connectivity index (χ3n) is 17.0. The van der Waals surface area contributed by atoms with Gasteiger partial charge in [0.15, 0.2) is 44.0 Å². The first-order valence-corrected chi connectivity index (χ1v) is 32.8. The molecule has 7 aliphatic rings. The SMILES string of the molecule is C=CCCCOC1OC(COC2OC(COC3OC(CO[C@H]4OC(COP)[C@H](OP)[C@H](OP)C4C)C(OP)C3C)C(OP)C2C)C(OC2OC(COC3OC(COC4OC(COP)C(OP)C(OP)C4C)C(OP)C3C)C(OP)C2C)C1C. The van der Waals surface area contributed by atoms with Crippen LogP contribution in [0, 0.1) is 41.4 Å². The van der Waals surface area contributed by atoms with E-state index in [4.69, 9.17) is 112 Å². The standard InChI is InChI=1S/C49H94O24P10/c1-9-10-11-12-50-43-20(2)34(65-49-24(6)38(69-79)31(64-49)17-53-46-23(5)37(68-78)30(61-46)16-55-48-26(8)40(71-81)42(73-83)33(63-48)19-57-75)27(58-43)13-51-44-21(3)35(66-76)28(59-44)14-52-45-22(4)36(67-77)29(60-45)15-54-47-25(7)39(70-80)41(72-82)32(62-47)18-56-74/h9,20-49H,1,10-19,74-83H2,2-8H3/t20?,21?,22?,23?,24?,25?,26?,27?,28?,29?,30?,31?,32?,33?,34?,35?,36?,37?,38?,39-,40?,41+,42?,43?,44?,45?,46?,47+,48?,49?/m1/s1. The summed E-state index contributed by atoms with van der Waals surface area (Å²) >= 11 is 0. The molecule has 0 aliphatic carbocycles. The van der Waals surface area contributed by atoms with Crippen molar-refractivity contribution in [3.8, 4) is 0 Å². The molecule has 0 bridgehead atoms. The predicted molar refractivity (Wildman–Crippen MR) is 333 cm³/mol. The first kappa shape index (κ1) is 73.5. The minimum absolute atomic E-state index is 0.115.